The molecule has 3 fully saturated rings. The molecule has 40 heavy (non-hydrogen) atoms. The van der Waals surface area contributed by atoms with E-state index in [1.165, 1.54) is 11.3 Å². The molecule has 6 unspecified atom stereocenters. The molecular formula is C28H23Cl2N3O5S2. The molecule has 3 aromatic rings. The highest BCUT2D eigenvalue weighted by molar-refractivity contribution is 8.00. The Bertz CT molecular complexity index is 1620. The van der Waals surface area contributed by atoms with Gasteiger partial charge in [0.2, 0.25) is 17.7 Å². The van der Waals surface area contributed by atoms with Gasteiger partial charge in [-0.15, -0.1) is 11.8 Å². The first kappa shape index (κ1) is 26.1. The third kappa shape index (κ3) is 3.87. The zero-order chi connectivity index (χ0) is 27.9. The fourth-order valence-electron chi connectivity index (χ4n) is 7.36. The van der Waals surface area contributed by atoms with Crippen LogP contribution in [0, 0.1) is 29.6 Å². The molecule has 2 aliphatic carbocycles. The number of amides is 3. The van der Waals surface area contributed by atoms with Crippen LogP contribution in [0.15, 0.2) is 52.3 Å². The van der Waals surface area contributed by atoms with Crippen molar-refractivity contribution in [3.8, 4) is 5.75 Å². The number of thiazole rings is 1. The minimum absolute atomic E-state index is 0.00371. The Balaban J connectivity index is 1.19. The zero-order valence-corrected chi connectivity index (χ0v) is 24.2. The van der Waals surface area contributed by atoms with E-state index in [2.05, 4.69) is 10.3 Å². The second kappa shape index (κ2) is 9.65. The van der Waals surface area contributed by atoms with E-state index in [1.807, 2.05) is 12.1 Å². The summed E-state index contributed by atoms with van der Waals surface area (Å²) < 4.78 is 5.15. The van der Waals surface area contributed by atoms with E-state index >= 15 is 0 Å². The predicted molar refractivity (Wildman–Crippen MR) is 153 cm³/mol. The number of hydrogen-bond donors (Lipinski definition) is 2. The topological polar surface area (TPSA) is 109 Å². The number of rotatable bonds is 5. The first-order valence-corrected chi connectivity index (χ1v) is 15.3. The van der Waals surface area contributed by atoms with Crippen LogP contribution < -0.4 is 14.9 Å². The molecule has 3 amide bonds. The van der Waals surface area contributed by atoms with Crippen LogP contribution in [0.5, 0.6) is 5.75 Å². The number of anilines is 1. The molecule has 2 aliphatic heterocycles. The number of benzene rings is 2. The average Bonchev–Trinajstić information content (AvgIpc) is 3.67. The zero-order valence-electron chi connectivity index (χ0n) is 21.1. The standard InChI is InChI=1S/C28H23Cl2N3O5S2/c1-38-12-7-5-11(6-8-12)31-17(34)10-33-26(35)20-14-9-15(21(20)27(33)36)23-19(14)18(13-3-2-4-16(29)22(13)30)24-25(39-23)32-28(37)40-24/h2-8,14-15,18-21,23H,9-10H2,1H3,(H,31,34)(H,32,37)/t14?,15?,18-,19?,20?,21?,23?/m1/s1. The van der Waals surface area contributed by atoms with Gasteiger partial charge in [-0.1, -0.05) is 46.7 Å². The molecule has 2 saturated carbocycles. The Morgan fingerprint density at radius 2 is 1.80 bits per heavy atom. The maximum atomic E-state index is 13.7. The lowest BCUT2D eigenvalue weighted by molar-refractivity contribution is -0.143. The van der Waals surface area contributed by atoms with Gasteiger partial charge in [-0.3, -0.25) is 24.1 Å². The summed E-state index contributed by atoms with van der Waals surface area (Å²) in [7, 11) is 1.56. The van der Waals surface area contributed by atoms with Crippen molar-refractivity contribution in [3.63, 3.8) is 0 Å². The van der Waals surface area contributed by atoms with Gasteiger partial charge in [0.25, 0.3) is 0 Å². The van der Waals surface area contributed by atoms with Crippen molar-refractivity contribution in [1.29, 1.82) is 0 Å². The summed E-state index contributed by atoms with van der Waals surface area (Å²) in [6.45, 7) is -0.331. The summed E-state index contributed by atoms with van der Waals surface area (Å²) in [5, 5.41) is 4.46. The van der Waals surface area contributed by atoms with Gasteiger partial charge in [-0.05, 0) is 60.1 Å². The molecule has 0 spiro atoms. The van der Waals surface area contributed by atoms with Gasteiger partial charge in [-0.2, -0.15) is 0 Å². The quantitative estimate of drug-likeness (QED) is 0.397. The number of thioether (sulfide) groups is 1. The lowest BCUT2D eigenvalue weighted by Gasteiger charge is -2.43. The van der Waals surface area contributed by atoms with Crippen LogP contribution in [0.2, 0.25) is 10.0 Å². The normalized spacial score (nSPS) is 29.8. The van der Waals surface area contributed by atoms with E-state index < -0.39 is 17.7 Å². The molecule has 4 aliphatic rings. The predicted octanol–water partition coefficient (Wildman–Crippen LogP) is 4.86. The van der Waals surface area contributed by atoms with Crippen molar-refractivity contribution < 1.29 is 19.1 Å². The monoisotopic (exact) mass is 615 g/mol. The van der Waals surface area contributed by atoms with Gasteiger partial charge in [-0.25, -0.2) is 0 Å². The summed E-state index contributed by atoms with van der Waals surface area (Å²) in [5.41, 5.74) is 1.38. The minimum Gasteiger partial charge on any atom is -0.497 e. The number of imide groups is 1. The van der Waals surface area contributed by atoms with E-state index in [4.69, 9.17) is 27.9 Å². The van der Waals surface area contributed by atoms with Gasteiger partial charge in [0, 0.05) is 21.7 Å². The summed E-state index contributed by atoms with van der Waals surface area (Å²) in [5.74, 6) is -1.67. The van der Waals surface area contributed by atoms with Crippen LogP contribution in [-0.2, 0) is 14.4 Å². The second-order valence-corrected chi connectivity index (χ2v) is 13.6. The van der Waals surface area contributed by atoms with Crippen LogP contribution in [0.1, 0.15) is 22.8 Å². The molecule has 206 valence electrons. The Labute approximate surface area is 247 Å². The van der Waals surface area contributed by atoms with Crippen molar-refractivity contribution >= 4 is 69.7 Å². The molecule has 1 saturated heterocycles. The van der Waals surface area contributed by atoms with Crippen LogP contribution in [0.4, 0.5) is 5.69 Å². The van der Waals surface area contributed by atoms with E-state index in [1.54, 1.807) is 49.2 Å². The Morgan fingerprint density at radius 3 is 2.52 bits per heavy atom. The molecule has 2 N–H and O–H groups in total. The Morgan fingerprint density at radius 1 is 1.07 bits per heavy atom. The SMILES string of the molecule is COc1ccc(NC(=O)CN2C(=O)C3C4CC(C3C2=O)C2C4Sc3[nH]c(=O)sc3[C@@H]2c2cccc(Cl)c2Cl)cc1. The van der Waals surface area contributed by atoms with E-state index in [9.17, 15) is 19.2 Å². The summed E-state index contributed by atoms with van der Waals surface area (Å²) in [6.07, 6.45) is 0.745. The molecule has 3 heterocycles. The summed E-state index contributed by atoms with van der Waals surface area (Å²) in [6, 6.07) is 12.3. The lowest BCUT2D eigenvalue weighted by Crippen LogP contribution is -2.42. The fourth-order valence-corrected chi connectivity index (χ4v) is 10.7. The van der Waals surface area contributed by atoms with E-state index in [-0.39, 0.29) is 52.2 Å². The average molecular weight is 617 g/mol. The van der Waals surface area contributed by atoms with Gasteiger partial charge in [0.1, 0.15) is 12.3 Å². The van der Waals surface area contributed by atoms with E-state index in [0.717, 1.165) is 26.8 Å². The fraction of sp³-hybridized carbons (Fsp3) is 0.357. The minimum atomic E-state index is -0.495. The highest BCUT2D eigenvalue weighted by atomic mass is 35.5. The highest BCUT2D eigenvalue weighted by Gasteiger charge is 2.69. The number of ether oxygens (including phenoxy) is 1. The lowest BCUT2D eigenvalue weighted by atomic mass is 9.68. The van der Waals surface area contributed by atoms with E-state index in [0.29, 0.717) is 21.5 Å². The maximum absolute atomic E-state index is 13.7. The molecule has 2 aromatic carbocycles. The van der Waals surface area contributed by atoms with Crippen LogP contribution >= 0.6 is 46.3 Å². The third-order valence-corrected chi connectivity index (χ3v) is 12.2. The van der Waals surface area contributed by atoms with Crippen molar-refractivity contribution in [1.82, 2.24) is 9.88 Å². The van der Waals surface area contributed by atoms with Gasteiger partial charge < -0.3 is 15.0 Å². The summed E-state index contributed by atoms with van der Waals surface area (Å²) >= 11 is 15.9. The number of carbonyl (C=O) groups is 3. The third-order valence-electron chi connectivity index (χ3n) is 8.81. The summed E-state index contributed by atoms with van der Waals surface area (Å²) in [4.78, 5) is 57.5. The van der Waals surface area contributed by atoms with Gasteiger partial charge >= 0.3 is 4.87 Å². The molecule has 2 bridgehead atoms. The van der Waals surface area contributed by atoms with Crippen molar-refractivity contribution in [3.05, 3.63) is 72.6 Å². The smallest absolute Gasteiger partial charge is 0.305 e. The number of methoxy groups -OCH3 is 1. The van der Waals surface area contributed by atoms with Crippen molar-refractivity contribution in [2.75, 3.05) is 19.0 Å². The van der Waals surface area contributed by atoms with Crippen LogP contribution in [0.3, 0.4) is 0 Å². The number of nitrogens with one attached hydrogen (secondary N) is 2. The number of aromatic nitrogens is 1. The van der Waals surface area contributed by atoms with Crippen LogP contribution in [0.25, 0.3) is 0 Å². The number of likely N-dealkylation sites (tertiary alicyclic amines) is 1. The second-order valence-electron chi connectivity index (χ2n) is 10.6. The number of hydrogen-bond acceptors (Lipinski definition) is 7. The molecular weight excluding hydrogens is 593 g/mol. The molecule has 8 nitrogen and oxygen atoms in total. The van der Waals surface area contributed by atoms with Gasteiger partial charge in [0.15, 0.2) is 0 Å². The number of H-pyrrole nitrogens is 1. The maximum Gasteiger partial charge on any atom is 0.305 e. The number of fused-ring (bicyclic) bond motifs is 9. The van der Waals surface area contributed by atoms with Gasteiger partial charge in [0.05, 0.1) is 34.0 Å². The first-order chi connectivity index (χ1) is 19.3. The number of halogens is 2. The van der Waals surface area contributed by atoms with Crippen molar-refractivity contribution in [2.45, 2.75) is 22.6 Å². The largest absolute Gasteiger partial charge is 0.497 e. The molecule has 7 atom stereocenters. The van der Waals surface area contributed by atoms with Crippen LogP contribution in [-0.4, -0.2) is 46.5 Å². The molecule has 12 heteroatoms. The molecule has 1 aromatic heterocycles. The Hall–Kier alpha value is -2.79. The first-order valence-electron chi connectivity index (χ1n) is 12.9. The van der Waals surface area contributed by atoms with Crippen molar-refractivity contribution in [2.24, 2.45) is 29.6 Å². The molecule has 7 rings (SSSR count). The Kier molecular flexibility index (Phi) is 6.30. The number of aromatic amines is 1. The number of carbonyl (C=O) groups excluding carboxylic acids is 3. The molecule has 0 radical (unpaired) electrons. The highest BCUT2D eigenvalue weighted by Crippen LogP contribution is 2.68. The number of nitrogens with zero attached hydrogens (tertiary/aromatic N) is 1.